The Hall–Kier alpha value is -1.06. The minimum absolute atomic E-state index is 0.337. The molecule has 1 N–H and O–H groups in total. The highest BCUT2D eigenvalue weighted by molar-refractivity contribution is 9.10. The molecule has 0 aliphatic heterocycles. The topological polar surface area (TPSA) is 12.0 Å². The van der Waals surface area contributed by atoms with Crippen molar-refractivity contribution in [2.24, 2.45) is 0 Å². The van der Waals surface area contributed by atoms with Crippen molar-refractivity contribution in [2.75, 3.05) is 11.9 Å². The lowest BCUT2D eigenvalue weighted by molar-refractivity contribution is 0.625. The molecule has 1 aliphatic carbocycles. The number of benzene rings is 2. The molecule has 0 saturated heterocycles. The van der Waals surface area contributed by atoms with Gasteiger partial charge in [0.05, 0.1) is 10.7 Å². The van der Waals surface area contributed by atoms with Gasteiger partial charge < -0.3 is 5.32 Å². The van der Waals surface area contributed by atoms with Gasteiger partial charge in [-0.2, -0.15) is 0 Å². The monoisotopic (exact) mass is 339 g/mol. The zero-order valence-corrected chi connectivity index (χ0v) is 12.4. The van der Waals surface area contributed by atoms with E-state index in [0.717, 1.165) is 18.7 Å². The summed E-state index contributed by atoms with van der Waals surface area (Å²) < 4.78 is 13.8. The smallest absolute Gasteiger partial charge is 0.125 e. The quantitative estimate of drug-likeness (QED) is 0.829. The Morgan fingerprint density at radius 1 is 1.32 bits per heavy atom. The average Bonchev–Trinajstić information content (AvgIpc) is 2.33. The Kier molecular flexibility index (Phi) is 3.50. The van der Waals surface area contributed by atoms with Crippen LogP contribution in [0, 0.1) is 5.82 Å². The van der Waals surface area contributed by atoms with Crippen molar-refractivity contribution in [3.05, 3.63) is 62.8 Å². The van der Waals surface area contributed by atoms with E-state index < -0.39 is 0 Å². The van der Waals surface area contributed by atoms with Gasteiger partial charge in [0.15, 0.2) is 0 Å². The molecule has 0 saturated carbocycles. The lowest BCUT2D eigenvalue weighted by Gasteiger charge is -2.30. The van der Waals surface area contributed by atoms with Crippen LogP contribution in [0.25, 0.3) is 0 Å². The van der Waals surface area contributed by atoms with Gasteiger partial charge in [-0.3, -0.25) is 0 Å². The zero-order chi connectivity index (χ0) is 13.4. The molecule has 1 aliphatic rings. The van der Waals surface area contributed by atoms with Gasteiger partial charge in [0.1, 0.15) is 5.82 Å². The van der Waals surface area contributed by atoms with E-state index in [4.69, 9.17) is 11.6 Å². The maximum absolute atomic E-state index is 13.1. The third-order valence-corrected chi connectivity index (χ3v) is 4.42. The summed E-state index contributed by atoms with van der Waals surface area (Å²) in [5.74, 6) is 0.167. The Labute approximate surface area is 124 Å². The van der Waals surface area contributed by atoms with Crippen LogP contribution in [0.5, 0.6) is 0 Å². The van der Waals surface area contributed by atoms with Crippen molar-refractivity contribution in [3.8, 4) is 0 Å². The third kappa shape index (κ3) is 2.49. The highest BCUT2D eigenvalue weighted by atomic mass is 79.9. The summed E-state index contributed by atoms with van der Waals surface area (Å²) in [4.78, 5) is 0. The van der Waals surface area contributed by atoms with Crippen LogP contribution in [-0.2, 0) is 6.42 Å². The lowest BCUT2D eigenvalue weighted by atomic mass is 9.77. The standard InChI is InChI=1S/C15H12BrClFN/c16-13-6-11(18)7-14(17)15(13)19-8-10-5-9-3-1-2-4-12(9)10/h1-4,6-7,10,19H,5,8H2. The molecule has 2 aromatic rings. The first kappa shape index (κ1) is 12.9. The Balaban J connectivity index is 1.72. The van der Waals surface area contributed by atoms with Crippen molar-refractivity contribution in [1.29, 1.82) is 0 Å². The summed E-state index contributed by atoms with van der Waals surface area (Å²) in [6, 6.07) is 11.2. The zero-order valence-electron chi connectivity index (χ0n) is 10.1. The van der Waals surface area contributed by atoms with Gasteiger partial charge in [-0.25, -0.2) is 4.39 Å². The fourth-order valence-corrected chi connectivity index (χ4v) is 3.44. The molecule has 0 aromatic heterocycles. The first-order chi connectivity index (χ1) is 9.15. The summed E-state index contributed by atoms with van der Waals surface area (Å²) in [6.45, 7) is 0.807. The van der Waals surface area contributed by atoms with Crippen molar-refractivity contribution in [3.63, 3.8) is 0 Å². The molecule has 3 rings (SSSR count). The fraction of sp³-hybridized carbons (Fsp3) is 0.200. The fourth-order valence-electron chi connectivity index (χ4n) is 2.48. The van der Waals surface area contributed by atoms with Crippen molar-refractivity contribution < 1.29 is 4.39 Å². The highest BCUT2D eigenvalue weighted by Gasteiger charge is 2.25. The number of hydrogen-bond acceptors (Lipinski definition) is 1. The number of halogens is 3. The van der Waals surface area contributed by atoms with Gasteiger partial charge in [-0.15, -0.1) is 0 Å². The normalized spacial score (nSPS) is 16.7. The molecular formula is C15H12BrClFN. The summed E-state index contributed by atoms with van der Waals surface area (Å²) >= 11 is 9.38. The largest absolute Gasteiger partial charge is 0.382 e. The minimum atomic E-state index is -0.337. The van der Waals surface area contributed by atoms with E-state index in [1.54, 1.807) is 0 Å². The number of fused-ring (bicyclic) bond motifs is 1. The number of rotatable bonds is 3. The van der Waals surface area contributed by atoms with Crippen LogP contribution in [0.1, 0.15) is 17.0 Å². The maximum Gasteiger partial charge on any atom is 0.125 e. The van der Waals surface area contributed by atoms with Crippen LogP contribution >= 0.6 is 27.5 Å². The molecule has 0 radical (unpaired) electrons. The second-order valence-electron chi connectivity index (χ2n) is 4.73. The molecule has 2 aromatic carbocycles. The van der Waals surface area contributed by atoms with Crippen LogP contribution in [-0.4, -0.2) is 6.54 Å². The van der Waals surface area contributed by atoms with Crippen molar-refractivity contribution >= 4 is 33.2 Å². The molecule has 98 valence electrons. The summed E-state index contributed by atoms with van der Waals surface area (Å²) in [5.41, 5.74) is 3.57. The van der Waals surface area contributed by atoms with Crippen molar-refractivity contribution in [1.82, 2.24) is 0 Å². The second-order valence-corrected chi connectivity index (χ2v) is 5.99. The van der Waals surface area contributed by atoms with Crippen LogP contribution in [0.4, 0.5) is 10.1 Å². The van der Waals surface area contributed by atoms with Gasteiger partial charge in [-0.05, 0) is 45.6 Å². The molecule has 0 bridgehead atoms. The van der Waals surface area contributed by atoms with E-state index in [0.29, 0.717) is 15.4 Å². The SMILES string of the molecule is Fc1cc(Cl)c(NCC2Cc3ccccc32)c(Br)c1. The summed E-state index contributed by atoms with van der Waals surface area (Å²) in [5, 5.41) is 3.71. The van der Waals surface area contributed by atoms with Gasteiger partial charge in [0.25, 0.3) is 0 Å². The summed E-state index contributed by atoms with van der Waals surface area (Å²) in [7, 11) is 0. The average molecular weight is 341 g/mol. The van der Waals surface area contributed by atoms with Crippen LogP contribution in [0.2, 0.25) is 5.02 Å². The molecule has 1 nitrogen and oxygen atoms in total. The maximum atomic E-state index is 13.1. The van der Waals surface area contributed by atoms with E-state index in [9.17, 15) is 4.39 Å². The highest BCUT2D eigenvalue weighted by Crippen LogP contribution is 2.37. The minimum Gasteiger partial charge on any atom is -0.382 e. The molecule has 1 atom stereocenters. The number of hydrogen-bond donors (Lipinski definition) is 1. The van der Waals surface area contributed by atoms with E-state index in [1.165, 1.54) is 23.3 Å². The molecule has 0 heterocycles. The summed E-state index contributed by atoms with van der Waals surface area (Å²) in [6.07, 6.45) is 1.08. The van der Waals surface area contributed by atoms with E-state index in [1.807, 2.05) is 0 Å². The van der Waals surface area contributed by atoms with Gasteiger partial charge in [0.2, 0.25) is 0 Å². The second kappa shape index (κ2) is 5.14. The van der Waals surface area contributed by atoms with Crippen LogP contribution in [0.15, 0.2) is 40.9 Å². The molecule has 19 heavy (non-hydrogen) atoms. The van der Waals surface area contributed by atoms with Crippen LogP contribution < -0.4 is 5.32 Å². The van der Waals surface area contributed by atoms with Gasteiger partial charge >= 0.3 is 0 Å². The Morgan fingerprint density at radius 2 is 2.11 bits per heavy atom. The first-order valence-corrected chi connectivity index (χ1v) is 7.28. The third-order valence-electron chi connectivity index (χ3n) is 3.49. The van der Waals surface area contributed by atoms with E-state index in [2.05, 4.69) is 45.5 Å². The Morgan fingerprint density at radius 3 is 2.84 bits per heavy atom. The lowest BCUT2D eigenvalue weighted by Crippen LogP contribution is -2.24. The van der Waals surface area contributed by atoms with Gasteiger partial charge in [0, 0.05) is 16.9 Å². The van der Waals surface area contributed by atoms with E-state index >= 15 is 0 Å². The predicted octanol–water partition coefficient (Wildman–Crippen LogP) is 4.99. The van der Waals surface area contributed by atoms with Crippen LogP contribution in [0.3, 0.4) is 0 Å². The molecule has 0 fully saturated rings. The first-order valence-electron chi connectivity index (χ1n) is 6.11. The molecule has 0 amide bonds. The number of anilines is 1. The predicted molar refractivity (Wildman–Crippen MR) is 80.5 cm³/mol. The molecule has 4 heteroatoms. The van der Waals surface area contributed by atoms with Crippen molar-refractivity contribution in [2.45, 2.75) is 12.3 Å². The Bertz CT molecular complexity index is 606. The van der Waals surface area contributed by atoms with Gasteiger partial charge in [-0.1, -0.05) is 35.9 Å². The molecular weight excluding hydrogens is 329 g/mol. The molecule has 1 unspecified atom stereocenters. The number of nitrogens with one attached hydrogen (secondary N) is 1. The van der Waals surface area contributed by atoms with E-state index in [-0.39, 0.29) is 5.82 Å². The molecule has 0 spiro atoms.